The Morgan fingerprint density at radius 3 is 2.65 bits per heavy atom. The molecule has 0 saturated carbocycles. The summed E-state index contributed by atoms with van der Waals surface area (Å²) in [5, 5.41) is 0. The molecule has 20 heavy (non-hydrogen) atoms. The van der Waals surface area contributed by atoms with Crippen LogP contribution in [0, 0.1) is 6.92 Å². The lowest BCUT2D eigenvalue weighted by Gasteiger charge is -2.09. The van der Waals surface area contributed by atoms with Crippen LogP contribution in [-0.4, -0.2) is 18.1 Å². The molecular formula is C16H16N4. The molecule has 0 atom stereocenters. The van der Waals surface area contributed by atoms with Gasteiger partial charge in [-0.05, 0) is 19.1 Å². The van der Waals surface area contributed by atoms with Crippen LogP contribution >= 0.6 is 0 Å². The van der Waals surface area contributed by atoms with Crippen molar-refractivity contribution >= 4 is 17.2 Å². The van der Waals surface area contributed by atoms with Crippen molar-refractivity contribution in [1.29, 1.82) is 0 Å². The molecule has 0 bridgehead atoms. The van der Waals surface area contributed by atoms with E-state index in [4.69, 9.17) is 5.84 Å². The zero-order valence-corrected chi connectivity index (χ0v) is 11.3. The molecular weight excluding hydrogens is 248 g/mol. The Hall–Kier alpha value is -2.46. The average Bonchev–Trinajstić information content (AvgIpc) is 2.67. The molecule has 3 N–H and O–H groups in total. The molecule has 3 rings (SSSR count). The number of nitrogens with zero attached hydrogens (tertiary/aromatic N) is 2. The predicted molar refractivity (Wildman–Crippen MR) is 82.5 cm³/mol. The van der Waals surface area contributed by atoms with Gasteiger partial charge in [-0.25, -0.2) is 10.8 Å². The van der Waals surface area contributed by atoms with Crippen LogP contribution in [0.3, 0.4) is 0 Å². The van der Waals surface area contributed by atoms with E-state index >= 15 is 0 Å². The van der Waals surface area contributed by atoms with Crippen molar-refractivity contribution < 1.29 is 0 Å². The molecule has 0 fully saturated rings. The van der Waals surface area contributed by atoms with Gasteiger partial charge >= 0.3 is 0 Å². The number of hydrogen-bond acceptors (Lipinski definition) is 4. The van der Waals surface area contributed by atoms with Crippen LogP contribution in [0.25, 0.3) is 0 Å². The number of aryl methyl sites for hydroxylation is 1. The average molecular weight is 264 g/mol. The van der Waals surface area contributed by atoms with Crippen LogP contribution in [0.2, 0.25) is 0 Å². The van der Waals surface area contributed by atoms with Gasteiger partial charge in [-0.15, -0.1) is 0 Å². The van der Waals surface area contributed by atoms with Gasteiger partial charge in [0.1, 0.15) is 5.84 Å². The summed E-state index contributed by atoms with van der Waals surface area (Å²) < 4.78 is 0. The number of aliphatic imine (C=N–C) groups is 2. The Labute approximate surface area is 118 Å². The Kier molecular flexibility index (Phi) is 3.31. The molecule has 0 unspecified atom stereocenters. The highest BCUT2D eigenvalue weighted by Gasteiger charge is 2.15. The highest BCUT2D eigenvalue weighted by molar-refractivity contribution is 6.17. The van der Waals surface area contributed by atoms with E-state index in [1.54, 1.807) is 0 Å². The monoisotopic (exact) mass is 264 g/mol. The highest BCUT2D eigenvalue weighted by Crippen LogP contribution is 2.26. The number of hydrogen-bond donors (Lipinski definition) is 2. The molecule has 100 valence electrons. The van der Waals surface area contributed by atoms with Crippen molar-refractivity contribution in [2.45, 2.75) is 6.92 Å². The standard InChI is InChI=1S/C16H16N4/c1-11-7-8-14-13(9-11)16(12-5-3-2-4-6-12)18-10-15(19-14)20-17/h2-9H,10,17H2,1H3,(H,19,20). The highest BCUT2D eigenvalue weighted by atomic mass is 15.3. The van der Waals surface area contributed by atoms with Crippen molar-refractivity contribution in [1.82, 2.24) is 5.43 Å². The Morgan fingerprint density at radius 1 is 1.10 bits per heavy atom. The van der Waals surface area contributed by atoms with E-state index in [0.29, 0.717) is 12.4 Å². The van der Waals surface area contributed by atoms with E-state index in [1.807, 2.05) is 30.3 Å². The van der Waals surface area contributed by atoms with E-state index < -0.39 is 0 Å². The van der Waals surface area contributed by atoms with Gasteiger partial charge in [0.15, 0.2) is 0 Å². The first-order valence-corrected chi connectivity index (χ1v) is 6.53. The van der Waals surface area contributed by atoms with Gasteiger partial charge in [-0.3, -0.25) is 4.99 Å². The molecule has 4 nitrogen and oxygen atoms in total. The zero-order chi connectivity index (χ0) is 13.9. The lowest BCUT2D eigenvalue weighted by Crippen LogP contribution is -2.32. The molecule has 0 aromatic heterocycles. The summed E-state index contributed by atoms with van der Waals surface area (Å²) in [6.45, 7) is 2.52. The van der Waals surface area contributed by atoms with Crippen LogP contribution < -0.4 is 11.3 Å². The smallest absolute Gasteiger partial charge is 0.138 e. The second-order valence-electron chi connectivity index (χ2n) is 4.75. The summed E-state index contributed by atoms with van der Waals surface area (Å²) in [5.41, 5.74) is 7.78. The fourth-order valence-corrected chi connectivity index (χ4v) is 2.28. The van der Waals surface area contributed by atoms with Gasteiger partial charge < -0.3 is 5.43 Å². The van der Waals surface area contributed by atoms with E-state index in [-0.39, 0.29) is 0 Å². The summed E-state index contributed by atoms with van der Waals surface area (Å²) in [4.78, 5) is 9.21. The lowest BCUT2D eigenvalue weighted by atomic mass is 9.99. The van der Waals surface area contributed by atoms with Crippen molar-refractivity contribution in [3.8, 4) is 0 Å². The molecule has 0 aliphatic carbocycles. The molecule has 1 heterocycles. The number of amidine groups is 1. The Morgan fingerprint density at radius 2 is 1.90 bits per heavy atom. The third-order valence-corrected chi connectivity index (χ3v) is 3.26. The van der Waals surface area contributed by atoms with Crippen molar-refractivity contribution in [2.24, 2.45) is 15.8 Å². The quantitative estimate of drug-likeness (QED) is 0.613. The van der Waals surface area contributed by atoms with E-state index in [9.17, 15) is 0 Å². The molecule has 0 saturated heterocycles. The summed E-state index contributed by atoms with van der Waals surface area (Å²) >= 11 is 0. The SMILES string of the molecule is Cc1ccc2c(c1)C(c1ccccc1)=NCC(NN)=N2. The molecule has 0 radical (unpaired) electrons. The van der Waals surface area contributed by atoms with Crippen LogP contribution in [0.1, 0.15) is 16.7 Å². The third kappa shape index (κ3) is 2.33. The minimum Gasteiger partial charge on any atom is -0.310 e. The van der Waals surface area contributed by atoms with Gasteiger partial charge in [0.2, 0.25) is 0 Å². The van der Waals surface area contributed by atoms with Gasteiger partial charge in [0.25, 0.3) is 0 Å². The molecule has 1 aliphatic rings. The predicted octanol–water partition coefficient (Wildman–Crippen LogP) is 2.34. The minimum atomic E-state index is 0.453. The maximum absolute atomic E-state index is 5.49. The maximum Gasteiger partial charge on any atom is 0.138 e. The van der Waals surface area contributed by atoms with E-state index in [0.717, 1.165) is 22.5 Å². The number of nitrogens with one attached hydrogen (secondary N) is 1. The van der Waals surface area contributed by atoms with Gasteiger partial charge in [-0.2, -0.15) is 0 Å². The number of nitrogens with two attached hydrogens (primary N) is 1. The largest absolute Gasteiger partial charge is 0.310 e. The Bertz CT molecular complexity index is 687. The fourth-order valence-electron chi connectivity index (χ4n) is 2.28. The normalized spacial score (nSPS) is 13.9. The first-order valence-electron chi connectivity index (χ1n) is 6.53. The zero-order valence-electron chi connectivity index (χ0n) is 11.3. The van der Waals surface area contributed by atoms with Gasteiger partial charge in [-0.1, -0.05) is 42.0 Å². The first-order chi connectivity index (χ1) is 9.78. The van der Waals surface area contributed by atoms with Crippen molar-refractivity contribution in [2.75, 3.05) is 6.54 Å². The number of hydrazine groups is 1. The summed E-state index contributed by atoms with van der Waals surface area (Å²) in [5.74, 6) is 6.16. The summed E-state index contributed by atoms with van der Waals surface area (Å²) in [7, 11) is 0. The summed E-state index contributed by atoms with van der Waals surface area (Å²) in [6.07, 6.45) is 0. The first kappa shape index (κ1) is 12.6. The Balaban J connectivity index is 2.19. The minimum absolute atomic E-state index is 0.453. The second kappa shape index (κ2) is 5.27. The van der Waals surface area contributed by atoms with Crippen LogP contribution in [0.15, 0.2) is 58.5 Å². The van der Waals surface area contributed by atoms with E-state index in [1.165, 1.54) is 5.56 Å². The molecule has 2 aromatic carbocycles. The third-order valence-electron chi connectivity index (χ3n) is 3.26. The second-order valence-corrected chi connectivity index (χ2v) is 4.75. The molecule has 0 amide bonds. The molecule has 4 heteroatoms. The number of benzene rings is 2. The lowest BCUT2D eigenvalue weighted by molar-refractivity contribution is 0.992. The van der Waals surface area contributed by atoms with Gasteiger partial charge in [0.05, 0.1) is 17.9 Å². The summed E-state index contributed by atoms with van der Waals surface area (Å²) in [6, 6.07) is 16.3. The van der Waals surface area contributed by atoms with Crippen LogP contribution in [0.4, 0.5) is 5.69 Å². The molecule has 1 aliphatic heterocycles. The number of rotatable bonds is 1. The molecule has 2 aromatic rings. The van der Waals surface area contributed by atoms with Crippen molar-refractivity contribution in [3.05, 3.63) is 65.2 Å². The fraction of sp³-hybridized carbons (Fsp3) is 0.125. The maximum atomic E-state index is 5.49. The van der Waals surface area contributed by atoms with E-state index in [2.05, 4.69) is 40.5 Å². The topological polar surface area (TPSA) is 62.8 Å². The molecule has 0 spiro atoms. The van der Waals surface area contributed by atoms with Crippen LogP contribution in [0.5, 0.6) is 0 Å². The van der Waals surface area contributed by atoms with Crippen molar-refractivity contribution in [3.63, 3.8) is 0 Å². The van der Waals surface area contributed by atoms with Crippen LogP contribution in [-0.2, 0) is 0 Å². The van der Waals surface area contributed by atoms with Gasteiger partial charge in [0, 0.05) is 11.1 Å². The number of fused-ring (bicyclic) bond motifs is 1.